The third-order valence-electron chi connectivity index (χ3n) is 6.79. The minimum atomic E-state index is -4.61. The Labute approximate surface area is 250 Å². The zero-order chi connectivity index (χ0) is 30.8. The van der Waals surface area contributed by atoms with Crippen LogP contribution in [0.2, 0.25) is 0 Å². The molecule has 0 radical (unpaired) electrons. The Kier molecular flexibility index (Phi) is 8.41. The average Bonchev–Trinajstić information content (AvgIpc) is 2.98. The van der Waals surface area contributed by atoms with Gasteiger partial charge in [0.1, 0.15) is 17.9 Å². The highest BCUT2D eigenvalue weighted by Crippen LogP contribution is 2.34. The summed E-state index contributed by atoms with van der Waals surface area (Å²) in [7, 11) is -7.39. The van der Waals surface area contributed by atoms with Crippen LogP contribution in [-0.2, 0) is 20.0 Å². The van der Waals surface area contributed by atoms with Crippen molar-refractivity contribution in [3.63, 3.8) is 0 Å². The van der Waals surface area contributed by atoms with Gasteiger partial charge < -0.3 is 14.5 Å². The molecule has 0 spiro atoms. The normalized spacial score (nSPS) is 11.9. The second-order valence-corrected chi connectivity index (χ2v) is 13.8. The maximum Gasteiger partial charge on any atom is 0.344 e. The molecule has 11 heteroatoms. The number of rotatable bonds is 10. The molecule has 1 N–H and O–H groups in total. The van der Waals surface area contributed by atoms with Crippen LogP contribution in [0, 0.1) is 13.8 Å². The van der Waals surface area contributed by atoms with Gasteiger partial charge in [-0.3, -0.25) is 0 Å². The molecule has 5 rings (SSSR count). The van der Waals surface area contributed by atoms with E-state index in [9.17, 15) is 21.6 Å². The first kappa shape index (κ1) is 30.0. The first-order chi connectivity index (χ1) is 20.5. The SMILES string of the molecule is CNCCOc1ccc(-c2cc3cc(N(S(=O)(=O)c4ccc(C)cc4)S(=O)(=O)c4ccc(C)cc4)ccc3oc2=O)cc1. The predicted molar refractivity (Wildman–Crippen MR) is 167 cm³/mol. The van der Waals surface area contributed by atoms with Gasteiger partial charge in [-0.25, -0.2) is 21.6 Å². The number of nitrogens with one attached hydrogen (secondary N) is 1. The summed E-state index contributed by atoms with van der Waals surface area (Å²) in [5.41, 5.74) is 1.85. The average molecular weight is 619 g/mol. The van der Waals surface area contributed by atoms with E-state index < -0.39 is 25.7 Å². The standard InChI is InChI=1S/C32H30N2O7S2/c1-22-4-13-28(14-5-22)42(36,37)34(43(38,39)29-15-6-23(2)7-16-29)26-10-17-31-25(20-26)21-30(32(35)41-31)24-8-11-27(12-9-24)40-19-18-33-3/h4-17,20-21,33H,18-19H2,1-3H3. The van der Waals surface area contributed by atoms with Crippen LogP contribution in [0.5, 0.6) is 5.75 Å². The summed E-state index contributed by atoms with van der Waals surface area (Å²) < 4.78 is 67.6. The molecule has 0 amide bonds. The highest BCUT2D eigenvalue weighted by molar-refractivity contribution is 8.10. The summed E-state index contributed by atoms with van der Waals surface area (Å²) in [6.45, 7) is 4.76. The van der Waals surface area contributed by atoms with E-state index in [4.69, 9.17) is 9.15 Å². The summed E-state index contributed by atoms with van der Waals surface area (Å²) in [4.78, 5) is 12.5. The molecule has 43 heavy (non-hydrogen) atoms. The Balaban J connectivity index is 1.64. The summed E-state index contributed by atoms with van der Waals surface area (Å²) in [5, 5.41) is 3.33. The lowest BCUT2D eigenvalue weighted by Gasteiger charge is -2.24. The number of ether oxygens (including phenoxy) is 1. The third kappa shape index (κ3) is 6.19. The molecule has 0 aliphatic carbocycles. The van der Waals surface area contributed by atoms with Gasteiger partial charge in [-0.05, 0) is 87.1 Å². The van der Waals surface area contributed by atoms with E-state index in [1.807, 2.05) is 7.05 Å². The number of hydrogen-bond donors (Lipinski definition) is 1. The van der Waals surface area contributed by atoms with Crippen molar-refractivity contribution >= 4 is 36.7 Å². The molecule has 0 unspecified atom stereocenters. The van der Waals surface area contributed by atoms with E-state index in [0.717, 1.165) is 11.1 Å². The van der Waals surface area contributed by atoms with Crippen molar-refractivity contribution in [3.05, 3.63) is 119 Å². The number of sulfonamides is 2. The van der Waals surface area contributed by atoms with Crippen molar-refractivity contribution in [2.75, 3.05) is 23.9 Å². The molecular formula is C32H30N2O7S2. The van der Waals surface area contributed by atoms with Crippen LogP contribution < -0.4 is 19.4 Å². The molecule has 1 aromatic heterocycles. The molecule has 9 nitrogen and oxygen atoms in total. The first-order valence-corrected chi connectivity index (χ1v) is 16.3. The Hall–Kier alpha value is -4.45. The van der Waals surface area contributed by atoms with Crippen LogP contribution in [0.15, 0.2) is 116 Å². The van der Waals surface area contributed by atoms with Gasteiger partial charge in [-0.15, -0.1) is 0 Å². The van der Waals surface area contributed by atoms with E-state index in [1.54, 1.807) is 68.4 Å². The third-order valence-corrected chi connectivity index (χ3v) is 11.0. The Morgan fingerprint density at radius 3 is 1.84 bits per heavy atom. The number of nitrogens with zero attached hydrogens (tertiary/aromatic N) is 1. The Bertz CT molecular complexity index is 1960. The van der Waals surface area contributed by atoms with Crippen molar-refractivity contribution in [2.45, 2.75) is 23.6 Å². The van der Waals surface area contributed by atoms with E-state index in [0.29, 0.717) is 33.6 Å². The molecule has 0 fully saturated rings. The molecule has 5 aromatic rings. The van der Waals surface area contributed by atoms with Gasteiger partial charge in [0.15, 0.2) is 0 Å². The molecular weight excluding hydrogens is 588 g/mol. The van der Waals surface area contributed by atoms with Crippen molar-refractivity contribution in [1.82, 2.24) is 5.32 Å². The maximum atomic E-state index is 14.0. The first-order valence-electron chi connectivity index (χ1n) is 13.4. The lowest BCUT2D eigenvalue weighted by atomic mass is 10.1. The molecule has 0 aliphatic rings. The van der Waals surface area contributed by atoms with Crippen LogP contribution in [0.3, 0.4) is 0 Å². The van der Waals surface area contributed by atoms with Crippen molar-refractivity contribution in [2.24, 2.45) is 0 Å². The summed E-state index contributed by atoms with van der Waals surface area (Å²) in [5.74, 6) is 0.629. The predicted octanol–water partition coefficient (Wildman–Crippen LogP) is 5.26. The van der Waals surface area contributed by atoms with Gasteiger partial charge in [0, 0.05) is 11.9 Å². The number of anilines is 1. The fraction of sp³-hybridized carbons (Fsp3) is 0.156. The van der Waals surface area contributed by atoms with Crippen LogP contribution in [0.1, 0.15) is 11.1 Å². The molecule has 4 aromatic carbocycles. The monoisotopic (exact) mass is 618 g/mol. The topological polar surface area (TPSA) is 123 Å². The fourth-order valence-corrected chi connectivity index (χ4v) is 8.12. The number of fused-ring (bicyclic) bond motifs is 1. The van der Waals surface area contributed by atoms with E-state index >= 15 is 0 Å². The smallest absolute Gasteiger partial charge is 0.344 e. The number of hydrogen-bond acceptors (Lipinski definition) is 8. The molecule has 0 saturated carbocycles. The molecule has 1 heterocycles. The summed E-state index contributed by atoms with van der Waals surface area (Å²) in [6, 6.07) is 24.4. The van der Waals surface area contributed by atoms with Gasteiger partial charge in [-0.2, -0.15) is 3.71 Å². The largest absolute Gasteiger partial charge is 0.492 e. The lowest BCUT2D eigenvalue weighted by Crippen LogP contribution is -2.37. The second kappa shape index (κ2) is 12.0. The van der Waals surface area contributed by atoms with Gasteiger partial charge in [-0.1, -0.05) is 47.5 Å². The molecule has 0 atom stereocenters. The minimum Gasteiger partial charge on any atom is -0.492 e. The maximum absolute atomic E-state index is 14.0. The quantitative estimate of drug-likeness (QED) is 0.166. The minimum absolute atomic E-state index is 0.137. The van der Waals surface area contributed by atoms with Crippen LogP contribution in [0.4, 0.5) is 5.69 Å². The second-order valence-electron chi connectivity index (χ2n) is 9.98. The lowest BCUT2D eigenvalue weighted by molar-refractivity contribution is 0.318. The number of aryl methyl sites for hydroxylation is 2. The van der Waals surface area contributed by atoms with Gasteiger partial charge in [0.05, 0.1) is 21.0 Å². The highest BCUT2D eigenvalue weighted by Gasteiger charge is 2.37. The van der Waals surface area contributed by atoms with Crippen LogP contribution in [-0.4, -0.2) is 37.0 Å². The van der Waals surface area contributed by atoms with Gasteiger partial charge >= 0.3 is 5.63 Å². The van der Waals surface area contributed by atoms with Gasteiger partial charge in [0.2, 0.25) is 0 Å². The van der Waals surface area contributed by atoms with E-state index in [1.165, 1.54) is 42.5 Å². The van der Waals surface area contributed by atoms with Crippen molar-refractivity contribution in [1.29, 1.82) is 0 Å². The fourth-order valence-electron chi connectivity index (χ4n) is 4.45. The van der Waals surface area contributed by atoms with Crippen molar-refractivity contribution in [3.8, 4) is 16.9 Å². The number of benzene rings is 4. The zero-order valence-corrected chi connectivity index (χ0v) is 25.4. The highest BCUT2D eigenvalue weighted by atomic mass is 32.3. The summed E-state index contributed by atoms with van der Waals surface area (Å²) >= 11 is 0. The van der Waals surface area contributed by atoms with Gasteiger partial charge in [0.25, 0.3) is 20.0 Å². The van der Waals surface area contributed by atoms with Crippen LogP contribution in [0.25, 0.3) is 22.1 Å². The molecule has 222 valence electrons. The Morgan fingerprint density at radius 1 is 0.744 bits per heavy atom. The summed E-state index contributed by atoms with van der Waals surface area (Å²) in [6.07, 6.45) is 0. The van der Waals surface area contributed by atoms with E-state index in [-0.39, 0.29) is 26.6 Å². The van der Waals surface area contributed by atoms with Crippen LogP contribution >= 0.6 is 0 Å². The molecule has 0 saturated heterocycles. The number of likely N-dealkylation sites (N-methyl/N-ethyl adjacent to an activating group) is 1. The zero-order valence-electron chi connectivity index (χ0n) is 23.8. The van der Waals surface area contributed by atoms with Crippen molar-refractivity contribution < 1.29 is 26.0 Å². The van der Waals surface area contributed by atoms with E-state index in [2.05, 4.69) is 5.32 Å². The molecule has 0 aliphatic heterocycles. The molecule has 0 bridgehead atoms. The Morgan fingerprint density at radius 2 is 1.30 bits per heavy atom.